The van der Waals surface area contributed by atoms with Crippen LogP contribution in [0.15, 0.2) is 30.3 Å². The minimum atomic E-state index is -0.301. The van der Waals surface area contributed by atoms with Crippen LogP contribution in [0.2, 0.25) is 0 Å². The number of carbonyl (C=O) groups is 1. The topological polar surface area (TPSA) is 50.4 Å². The van der Waals surface area contributed by atoms with Crippen molar-refractivity contribution in [3.05, 3.63) is 35.9 Å². The number of fused-ring (bicyclic) bond motifs is 2. The van der Waals surface area contributed by atoms with E-state index in [1.165, 1.54) is 19.3 Å². The second-order valence-electron chi connectivity index (χ2n) is 9.59. The van der Waals surface area contributed by atoms with E-state index in [2.05, 4.69) is 31.4 Å². The van der Waals surface area contributed by atoms with Crippen LogP contribution >= 0.6 is 0 Å². The highest BCUT2D eigenvalue weighted by Gasteiger charge is 2.59. The molecule has 3 atom stereocenters. The third kappa shape index (κ3) is 3.24. The van der Waals surface area contributed by atoms with Gasteiger partial charge in [-0.1, -0.05) is 51.1 Å². The monoisotopic (exact) mass is 356 g/mol. The van der Waals surface area contributed by atoms with Crippen LogP contribution in [-0.2, 0) is 11.3 Å². The Hall–Kier alpha value is -1.55. The standard InChI is InChI=1S/C22H32N2O2/c1-21(2)16-9-10-22(3,13-16)19(21)23-17-11-18(12-17)24-20(25)26-14-15-7-5-4-6-8-15/h4-8,16-19,23H,9-14H2,1-3H3,(H,24,25). The van der Waals surface area contributed by atoms with Gasteiger partial charge in [0.05, 0.1) is 0 Å². The van der Waals surface area contributed by atoms with Crippen LogP contribution in [-0.4, -0.2) is 24.2 Å². The van der Waals surface area contributed by atoms with Crippen molar-refractivity contribution >= 4 is 6.09 Å². The molecule has 0 radical (unpaired) electrons. The lowest BCUT2D eigenvalue weighted by Gasteiger charge is -2.48. The quantitative estimate of drug-likeness (QED) is 0.829. The van der Waals surface area contributed by atoms with Gasteiger partial charge in [0.15, 0.2) is 0 Å². The summed E-state index contributed by atoms with van der Waals surface area (Å²) in [5.74, 6) is 0.868. The van der Waals surface area contributed by atoms with Crippen LogP contribution in [0.25, 0.3) is 0 Å². The van der Waals surface area contributed by atoms with Crippen LogP contribution in [0.1, 0.15) is 58.4 Å². The summed E-state index contributed by atoms with van der Waals surface area (Å²) in [6, 6.07) is 11.2. The molecule has 4 nitrogen and oxygen atoms in total. The lowest BCUT2D eigenvalue weighted by Crippen LogP contribution is -2.60. The molecule has 3 aliphatic rings. The lowest BCUT2D eigenvalue weighted by atomic mass is 9.67. The maximum Gasteiger partial charge on any atom is 0.407 e. The Morgan fingerprint density at radius 1 is 1.15 bits per heavy atom. The highest BCUT2D eigenvalue weighted by atomic mass is 16.5. The summed E-state index contributed by atoms with van der Waals surface area (Å²) in [6.07, 6.45) is 5.84. The first-order valence-electron chi connectivity index (χ1n) is 10.1. The molecule has 0 aliphatic heterocycles. The lowest BCUT2D eigenvalue weighted by molar-refractivity contribution is 0.0751. The summed E-state index contributed by atoms with van der Waals surface area (Å²) >= 11 is 0. The predicted molar refractivity (Wildman–Crippen MR) is 103 cm³/mol. The van der Waals surface area contributed by atoms with Crippen LogP contribution in [0, 0.1) is 16.7 Å². The molecule has 2 bridgehead atoms. The fourth-order valence-electron chi connectivity index (χ4n) is 5.76. The van der Waals surface area contributed by atoms with Gasteiger partial charge in [0.2, 0.25) is 0 Å². The molecule has 0 saturated heterocycles. The highest BCUT2D eigenvalue weighted by Crippen LogP contribution is 2.62. The third-order valence-corrected chi connectivity index (χ3v) is 7.34. The molecule has 26 heavy (non-hydrogen) atoms. The van der Waals surface area contributed by atoms with Gasteiger partial charge in [-0.3, -0.25) is 0 Å². The number of carbonyl (C=O) groups excluding carboxylic acids is 1. The number of hydrogen-bond donors (Lipinski definition) is 2. The fourth-order valence-corrected chi connectivity index (χ4v) is 5.76. The Kier molecular flexibility index (Phi) is 4.50. The average molecular weight is 357 g/mol. The summed E-state index contributed by atoms with van der Waals surface area (Å²) in [5.41, 5.74) is 1.86. The van der Waals surface area contributed by atoms with Crippen molar-refractivity contribution in [2.24, 2.45) is 16.7 Å². The van der Waals surface area contributed by atoms with Gasteiger partial charge < -0.3 is 15.4 Å². The third-order valence-electron chi connectivity index (χ3n) is 7.34. The molecule has 0 heterocycles. The van der Waals surface area contributed by atoms with Crippen LogP contribution < -0.4 is 10.6 Å². The Labute approximate surface area is 157 Å². The minimum absolute atomic E-state index is 0.241. The summed E-state index contributed by atoms with van der Waals surface area (Å²) in [7, 11) is 0. The molecule has 0 spiro atoms. The largest absolute Gasteiger partial charge is 0.445 e. The van der Waals surface area contributed by atoms with Crippen molar-refractivity contribution in [1.82, 2.24) is 10.6 Å². The van der Waals surface area contributed by atoms with E-state index < -0.39 is 0 Å². The fraction of sp³-hybridized carbons (Fsp3) is 0.682. The number of alkyl carbamates (subject to hydrolysis) is 1. The maximum absolute atomic E-state index is 12.0. The molecule has 4 heteroatoms. The first-order valence-corrected chi connectivity index (χ1v) is 10.1. The number of benzene rings is 1. The van der Waals surface area contributed by atoms with Gasteiger partial charge in [0.25, 0.3) is 0 Å². The molecule has 3 unspecified atom stereocenters. The number of amides is 1. The number of hydrogen-bond acceptors (Lipinski definition) is 3. The normalized spacial score (nSPS) is 37.2. The van der Waals surface area contributed by atoms with E-state index in [1.54, 1.807) is 0 Å². The summed E-state index contributed by atoms with van der Waals surface area (Å²) in [5, 5.41) is 6.95. The molecule has 0 aromatic heterocycles. The van der Waals surface area contributed by atoms with Crippen molar-refractivity contribution in [2.45, 2.75) is 77.6 Å². The Bertz CT molecular complexity index is 649. The van der Waals surface area contributed by atoms with Gasteiger partial charge >= 0.3 is 6.09 Å². The van der Waals surface area contributed by atoms with Crippen molar-refractivity contribution < 1.29 is 9.53 Å². The van der Waals surface area contributed by atoms with Gasteiger partial charge in [-0.2, -0.15) is 0 Å². The Morgan fingerprint density at radius 3 is 2.54 bits per heavy atom. The van der Waals surface area contributed by atoms with E-state index in [-0.39, 0.29) is 12.1 Å². The van der Waals surface area contributed by atoms with E-state index in [0.717, 1.165) is 24.3 Å². The molecule has 1 aromatic rings. The number of nitrogens with one attached hydrogen (secondary N) is 2. The first-order chi connectivity index (χ1) is 12.4. The van der Waals surface area contributed by atoms with Crippen LogP contribution in [0.4, 0.5) is 4.79 Å². The Morgan fingerprint density at radius 2 is 1.88 bits per heavy atom. The highest BCUT2D eigenvalue weighted by molar-refractivity contribution is 5.67. The molecule has 1 amide bonds. The molecule has 2 N–H and O–H groups in total. The van der Waals surface area contributed by atoms with Gasteiger partial charge in [0.1, 0.15) is 6.61 Å². The maximum atomic E-state index is 12.0. The SMILES string of the molecule is CC12CCC(C1)C(C)(C)C2NC1CC(NC(=O)OCc2ccccc2)C1. The van der Waals surface area contributed by atoms with Gasteiger partial charge in [-0.05, 0) is 54.4 Å². The average Bonchev–Trinajstić information content (AvgIpc) is 3.06. The van der Waals surface area contributed by atoms with Crippen molar-refractivity contribution in [2.75, 3.05) is 0 Å². The summed E-state index contributed by atoms with van der Waals surface area (Å²) in [4.78, 5) is 12.0. The van der Waals surface area contributed by atoms with Gasteiger partial charge in [-0.15, -0.1) is 0 Å². The number of rotatable bonds is 5. The predicted octanol–water partition coefficient (Wildman–Crippen LogP) is 4.25. The van der Waals surface area contributed by atoms with E-state index in [0.29, 0.717) is 29.5 Å². The summed E-state index contributed by atoms with van der Waals surface area (Å²) < 4.78 is 5.32. The molecular formula is C22H32N2O2. The molecule has 3 saturated carbocycles. The van der Waals surface area contributed by atoms with Crippen LogP contribution in [0.3, 0.4) is 0 Å². The van der Waals surface area contributed by atoms with E-state index in [4.69, 9.17) is 4.74 Å². The van der Waals surface area contributed by atoms with Crippen LogP contribution in [0.5, 0.6) is 0 Å². The smallest absolute Gasteiger partial charge is 0.407 e. The second-order valence-corrected chi connectivity index (χ2v) is 9.59. The molecule has 1 aromatic carbocycles. The van der Waals surface area contributed by atoms with Gasteiger partial charge in [-0.25, -0.2) is 4.79 Å². The number of ether oxygens (including phenoxy) is 1. The molecule has 4 rings (SSSR count). The Balaban J connectivity index is 1.20. The zero-order valence-electron chi connectivity index (χ0n) is 16.3. The van der Waals surface area contributed by atoms with Gasteiger partial charge in [0, 0.05) is 18.1 Å². The summed E-state index contributed by atoms with van der Waals surface area (Å²) in [6.45, 7) is 7.68. The van der Waals surface area contributed by atoms with E-state index in [9.17, 15) is 4.79 Å². The van der Waals surface area contributed by atoms with Crippen molar-refractivity contribution in [3.8, 4) is 0 Å². The molecule has 3 aliphatic carbocycles. The minimum Gasteiger partial charge on any atom is -0.445 e. The zero-order valence-corrected chi connectivity index (χ0v) is 16.3. The molecule has 3 fully saturated rings. The molecular weight excluding hydrogens is 324 g/mol. The van der Waals surface area contributed by atoms with E-state index >= 15 is 0 Å². The second kappa shape index (κ2) is 6.56. The van der Waals surface area contributed by atoms with Crippen molar-refractivity contribution in [1.29, 1.82) is 0 Å². The van der Waals surface area contributed by atoms with Crippen molar-refractivity contribution in [3.63, 3.8) is 0 Å². The van der Waals surface area contributed by atoms with E-state index in [1.807, 2.05) is 30.3 Å². The zero-order chi connectivity index (χ0) is 18.4. The first kappa shape index (κ1) is 17.8. The molecule has 142 valence electrons.